The van der Waals surface area contributed by atoms with Crippen molar-refractivity contribution in [3.8, 4) is 0 Å². The first kappa shape index (κ1) is 14.8. The summed E-state index contributed by atoms with van der Waals surface area (Å²) >= 11 is 0. The largest absolute Gasteiger partial charge is 0.371 e. The molecule has 1 aromatic rings. The number of pyridine rings is 1. The second kappa shape index (κ2) is 6.22. The Morgan fingerprint density at radius 1 is 1.40 bits per heavy atom. The average Bonchev–Trinajstić information content (AvgIpc) is 2.94. The summed E-state index contributed by atoms with van der Waals surface area (Å²) in [4.78, 5) is 19.9. The average molecular weight is 276 g/mol. The summed E-state index contributed by atoms with van der Waals surface area (Å²) in [5.41, 5.74) is 7.38. The van der Waals surface area contributed by atoms with Crippen molar-refractivity contribution in [2.24, 2.45) is 11.7 Å². The van der Waals surface area contributed by atoms with Crippen molar-refractivity contribution >= 4 is 11.6 Å². The smallest absolute Gasteiger partial charge is 0.272 e. The van der Waals surface area contributed by atoms with Crippen LogP contribution in [0.25, 0.3) is 0 Å². The number of carbonyl (C=O) groups is 1. The van der Waals surface area contributed by atoms with Gasteiger partial charge in [-0.25, -0.2) is 0 Å². The molecule has 0 spiro atoms. The Balaban J connectivity index is 2.20. The van der Waals surface area contributed by atoms with E-state index in [1.165, 1.54) is 12.8 Å². The fourth-order valence-corrected chi connectivity index (χ4v) is 2.98. The van der Waals surface area contributed by atoms with Crippen LogP contribution in [0.15, 0.2) is 18.3 Å². The summed E-state index contributed by atoms with van der Waals surface area (Å²) in [6.45, 7) is 0.726. The van der Waals surface area contributed by atoms with Gasteiger partial charge in [0.2, 0.25) is 0 Å². The van der Waals surface area contributed by atoms with Crippen LogP contribution in [0.1, 0.15) is 29.8 Å². The molecule has 1 saturated carbocycles. The zero-order valence-electron chi connectivity index (χ0n) is 12.5. The second-order valence-corrected chi connectivity index (χ2v) is 5.70. The predicted octanol–water partition coefficient (Wildman–Crippen LogP) is 1.35. The lowest BCUT2D eigenvalue weighted by Crippen LogP contribution is -2.38. The van der Waals surface area contributed by atoms with Crippen LogP contribution in [0.4, 0.5) is 5.69 Å². The Morgan fingerprint density at radius 3 is 2.80 bits per heavy atom. The number of hydrogen-bond acceptors (Lipinski definition) is 4. The second-order valence-electron chi connectivity index (χ2n) is 5.70. The SMILES string of the molecule is CN(C)C(=O)c1cc(N(C)C2CCCC2CN)ccn1. The number of aromatic nitrogens is 1. The van der Waals surface area contributed by atoms with Crippen LogP contribution in [0.3, 0.4) is 0 Å². The molecule has 0 aliphatic heterocycles. The zero-order valence-corrected chi connectivity index (χ0v) is 12.5. The first-order valence-electron chi connectivity index (χ1n) is 7.15. The highest BCUT2D eigenvalue weighted by molar-refractivity contribution is 5.92. The van der Waals surface area contributed by atoms with Gasteiger partial charge in [-0.1, -0.05) is 6.42 Å². The van der Waals surface area contributed by atoms with Gasteiger partial charge in [0.05, 0.1) is 0 Å². The fourth-order valence-electron chi connectivity index (χ4n) is 2.98. The van der Waals surface area contributed by atoms with Crippen LogP contribution in [0, 0.1) is 5.92 Å². The molecule has 110 valence electrons. The Bertz CT molecular complexity index is 475. The van der Waals surface area contributed by atoms with E-state index in [4.69, 9.17) is 5.73 Å². The van der Waals surface area contributed by atoms with Crippen molar-refractivity contribution in [3.05, 3.63) is 24.0 Å². The highest BCUT2D eigenvalue weighted by atomic mass is 16.2. The molecule has 2 N–H and O–H groups in total. The fraction of sp³-hybridized carbons (Fsp3) is 0.600. The lowest BCUT2D eigenvalue weighted by atomic mass is 10.0. The molecule has 0 aromatic carbocycles. The van der Waals surface area contributed by atoms with E-state index in [0.29, 0.717) is 17.7 Å². The van der Waals surface area contributed by atoms with Crippen molar-refractivity contribution < 1.29 is 4.79 Å². The number of rotatable bonds is 4. The molecule has 2 atom stereocenters. The first-order valence-corrected chi connectivity index (χ1v) is 7.15. The third-order valence-electron chi connectivity index (χ3n) is 4.20. The number of carbonyl (C=O) groups excluding carboxylic acids is 1. The molecule has 5 nitrogen and oxygen atoms in total. The Hall–Kier alpha value is -1.62. The molecule has 1 aliphatic carbocycles. The number of anilines is 1. The molecule has 5 heteroatoms. The molecule has 1 fully saturated rings. The Kier molecular flexibility index (Phi) is 4.60. The minimum absolute atomic E-state index is 0.0675. The van der Waals surface area contributed by atoms with Gasteiger partial charge in [-0.05, 0) is 37.4 Å². The minimum atomic E-state index is -0.0675. The molecular formula is C15H24N4O. The highest BCUT2D eigenvalue weighted by Gasteiger charge is 2.29. The molecule has 1 amide bonds. The van der Waals surface area contributed by atoms with E-state index in [9.17, 15) is 4.79 Å². The van der Waals surface area contributed by atoms with Gasteiger partial charge in [0.15, 0.2) is 0 Å². The van der Waals surface area contributed by atoms with Crippen LogP contribution in [-0.4, -0.2) is 49.5 Å². The third kappa shape index (κ3) is 2.93. The molecule has 20 heavy (non-hydrogen) atoms. The maximum Gasteiger partial charge on any atom is 0.272 e. The number of amides is 1. The van der Waals surface area contributed by atoms with Gasteiger partial charge in [-0.15, -0.1) is 0 Å². The van der Waals surface area contributed by atoms with E-state index in [1.54, 1.807) is 25.2 Å². The summed E-state index contributed by atoms with van der Waals surface area (Å²) in [6.07, 6.45) is 5.29. The van der Waals surface area contributed by atoms with Gasteiger partial charge in [-0.2, -0.15) is 0 Å². The molecule has 1 aromatic heterocycles. The van der Waals surface area contributed by atoms with Crippen LogP contribution in [0.5, 0.6) is 0 Å². The standard InChI is InChI=1S/C15H24N4O/c1-18(2)15(20)13-9-12(7-8-17-13)19(3)14-6-4-5-11(14)10-16/h7-9,11,14H,4-6,10,16H2,1-3H3. The van der Waals surface area contributed by atoms with Gasteiger partial charge in [0, 0.05) is 39.1 Å². The van der Waals surface area contributed by atoms with Crippen LogP contribution in [0.2, 0.25) is 0 Å². The molecule has 1 aliphatic rings. The number of nitrogens with two attached hydrogens (primary N) is 1. The lowest BCUT2D eigenvalue weighted by molar-refractivity contribution is 0.0822. The summed E-state index contributed by atoms with van der Waals surface area (Å²) in [5, 5.41) is 0. The maximum atomic E-state index is 12.0. The third-order valence-corrected chi connectivity index (χ3v) is 4.20. The summed E-state index contributed by atoms with van der Waals surface area (Å²) in [7, 11) is 5.56. The Labute approximate surface area is 120 Å². The van der Waals surface area contributed by atoms with E-state index in [-0.39, 0.29) is 5.91 Å². The van der Waals surface area contributed by atoms with Crippen molar-refractivity contribution in [1.82, 2.24) is 9.88 Å². The van der Waals surface area contributed by atoms with Gasteiger partial charge >= 0.3 is 0 Å². The first-order chi connectivity index (χ1) is 9.54. The van der Waals surface area contributed by atoms with Crippen molar-refractivity contribution in [2.45, 2.75) is 25.3 Å². The quantitative estimate of drug-likeness (QED) is 0.901. The normalized spacial score (nSPS) is 21.8. The molecule has 0 radical (unpaired) electrons. The number of hydrogen-bond donors (Lipinski definition) is 1. The predicted molar refractivity (Wildman–Crippen MR) is 80.8 cm³/mol. The summed E-state index contributed by atoms with van der Waals surface area (Å²) in [5.74, 6) is 0.475. The molecule has 2 rings (SSSR count). The Morgan fingerprint density at radius 2 is 2.15 bits per heavy atom. The van der Waals surface area contributed by atoms with Crippen LogP contribution < -0.4 is 10.6 Å². The lowest BCUT2D eigenvalue weighted by Gasteiger charge is -2.31. The van der Waals surface area contributed by atoms with Crippen molar-refractivity contribution in [2.75, 3.05) is 32.6 Å². The monoisotopic (exact) mass is 276 g/mol. The van der Waals surface area contributed by atoms with Crippen molar-refractivity contribution in [3.63, 3.8) is 0 Å². The van der Waals surface area contributed by atoms with E-state index >= 15 is 0 Å². The highest BCUT2D eigenvalue weighted by Crippen LogP contribution is 2.31. The van der Waals surface area contributed by atoms with E-state index in [1.807, 2.05) is 12.1 Å². The van der Waals surface area contributed by atoms with Crippen molar-refractivity contribution in [1.29, 1.82) is 0 Å². The summed E-state index contributed by atoms with van der Waals surface area (Å²) < 4.78 is 0. The van der Waals surface area contributed by atoms with E-state index in [2.05, 4.69) is 16.9 Å². The minimum Gasteiger partial charge on any atom is -0.371 e. The van der Waals surface area contributed by atoms with E-state index in [0.717, 1.165) is 18.7 Å². The molecule has 0 saturated heterocycles. The topological polar surface area (TPSA) is 62.5 Å². The maximum absolute atomic E-state index is 12.0. The summed E-state index contributed by atoms with van der Waals surface area (Å²) in [6, 6.07) is 4.29. The molecule has 0 bridgehead atoms. The van der Waals surface area contributed by atoms with Crippen LogP contribution in [-0.2, 0) is 0 Å². The van der Waals surface area contributed by atoms with Crippen LogP contribution >= 0.6 is 0 Å². The molecule has 1 heterocycles. The van der Waals surface area contributed by atoms with Gasteiger partial charge < -0.3 is 15.5 Å². The van der Waals surface area contributed by atoms with E-state index < -0.39 is 0 Å². The molecule has 2 unspecified atom stereocenters. The molecular weight excluding hydrogens is 252 g/mol. The van der Waals surface area contributed by atoms with Gasteiger partial charge in [0.1, 0.15) is 5.69 Å². The van der Waals surface area contributed by atoms with Gasteiger partial charge in [0.25, 0.3) is 5.91 Å². The zero-order chi connectivity index (χ0) is 14.7. The van der Waals surface area contributed by atoms with Gasteiger partial charge in [-0.3, -0.25) is 9.78 Å². The number of nitrogens with zero attached hydrogens (tertiary/aromatic N) is 3.